The van der Waals surface area contributed by atoms with Crippen molar-refractivity contribution in [2.45, 2.75) is 25.4 Å². The summed E-state index contributed by atoms with van der Waals surface area (Å²) in [4.78, 5) is 9.15. The smallest absolute Gasteiger partial charge is 0.0372 e. The van der Waals surface area contributed by atoms with E-state index < -0.39 is 0 Å². The number of nitrogens with one attached hydrogen (secondary N) is 1. The van der Waals surface area contributed by atoms with Gasteiger partial charge >= 0.3 is 0 Å². The maximum atomic E-state index is 4.26. The first-order valence-corrected chi connectivity index (χ1v) is 7.19. The molecule has 0 bridgehead atoms. The molecular formula is C15H26N4. The van der Waals surface area contributed by atoms with E-state index >= 15 is 0 Å². The summed E-state index contributed by atoms with van der Waals surface area (Å²) in [5, 5.41) is 3.42. The standard InChI is InChI=1S/C15H26N4/c1-13(19-9-7-16-8-10-19)11-15(18(2)3)14-5-4-6-17-12-14/h4-6,12-13,15-16H,7-11H2,1-3H3. The number of aromatic nitrogens is 1. The van der Waals surface area contributed by atoms with Gasteiger partial charge in [-0.25, -0.2) is 0 Å². The number of hydrogen-bond acceptors (Lipinski definition) is 4. The summed E-state index contributed by atoms with van der Waals surface area (Å²) in [6.45, 7) is 6.90. The van der Waals surface area contributed by atoms with Crippen LogP contribution in [0.5, 0.6) is 0 Å². The van der Waals surface area contributed by atoms with Crippen molar-refractivity contribution in [2.75, 3.05) is 40.3 Å². The third kappa shape index (κ3) is 4.00. The van der Waals surface area contributed by atoms with Gasteiger partial charge in [0.1, 0.15) is 0 Å². The molecule has 1 saturated heterocycles. The summed E-state index contributed by atoms with van der Waals surface area (Å²) >= 11 is 0. The number of hydrogen-bond donors (Lipinski definition) is 1. The highest BCUT2D eigenvalue weighted by molar-refractivity contribution is 5.14. The maximum absolute atomic E-state index is 4.26. The molecular weight excluding hydrogens is 236 g/mol. The van der Waals surface area contributed by atoms with E-state index in [2.05, 4.69) is 47.2 Å². The van der Waals surface area contributed by atoms with Crippen LogP contribution in [-0.2, 0) is 0 Å². The van der Waals surface area contributed by atoms with Crippen LogP contribution in [0.1, 0.15) is 24.9 Å². The lowest BCUT2D eigenvalue weighted by molar-refractivity contribution is 0.144. The summed E-state index contributed by atoms with van der Waals surface area (Å²) in [7, 11) is 4.31. The van der Waals surface area contributed by atoms with Crippen molar-refractivity contribution in [2.24, 2.45) is 0 Å². The van der Waals surface area contributed by atoms with Gasteiger partial charge in [0, 0.05) is 50.7 Å². The Labute approximate surface area is 116 Å². The van der Waals surface area contributed by atoms with Crippen LogP contribution >= 0.6 is 0 Å². The second-order valence-corrected chi connectivity index (χ2v) is 5.64. The second kappa shape index (κ2) is 6.98. The Morgan fingerprint density at radius 1 is 1.37 bits per heavy atom. The molecule has 1 N–H and O–H groups in total. The van der Waals surface area contributed by atoms with Crippen LogP contribution in [0, 0.1) is 0 Å². The molecule has 1 aliphatic rings. The summed E-state index contributed by atoms with van der Waals surface area (Å²) in [5.41, 5.74) is 1.31. The van der Waals surface area contributed by atoms with Gasteiger partial charge in [-0.05, 0) is 39.1 Å². The Bertz CT molecular complexity index is 360. The summed E-state index contributed by atoms with van der Waals surface area (Å²) < 4.78 is 0. The van der Waals surface area contributed by atoms with Gasteiger partial charge in [0.15, 0.2) is 0 Å². The molecule has 4 heteroatoms. The molecule has 1 fully saturated rings. The third-order valence-corrected chi connectivity index (χ3v) is 4.03. The van der Waals surface area contributed by atoms with Gasteiger partial charge in [0.05, 0.1) is 0 Å². The van der Waals surface area contributed by atoms with E-state index in [0.29, 0.717) is 12.1 Å². The van der Waals surface area contributed by atoms with Gasteiger partial charge < -0.3 is 10.2 Å². The molecule has 2 unspecified atom stereocenters. The van der Waals surface area contributed by atoms with E-state index in [1.54, 1.807) is 0 Å². The van der Waals surface area contributed by atoms with E-state index in [9.17, 15) is 0 Å². The summed E-state index contributed by atoms with van der Waals surface area (Å²) in [5.74, 6) is 0. The van der Waals surface area contributed by atoms with Gasteiger partial charge in [-0.2, -0.15) is 0 Å². The molecule has 19 heavy (non-hydrogen) atoms. The SMILES string of the molecule is CC(CC(c1cccnc1)N(C)C)N1CCNCC1. The Morgan fingerprint density at radius 3 is 2.68 bits per heavy atom. The minimum Gasteiger partial charge on any atom is -0.314 e. The minimum absolute atomic E-state index is 0.443. The van der Waals surface area contributed by atoms with E-state index in [4.69, 9.17) is 0 Å². The number of pyridine rings is 1. The second-order valence-electron chi connectivity index (χ2n) is 5.64. The molecule has 0 aliphatic carbocycles. The maximum Gasteiger partial charge on any atom is 0.0372 e. The normalized spacial score (nSPS) is 20.4. The average molecular weight is 262 g/mol. The molecule has 0 spiro atoms. The molecule has 0 amide bonds. The Morgan fingerprint density at radius 2 is 2.11 bits per heavy atom. The van der Waals surface area contributed by atoms with Crippen molar-refractivity contribution in [3.63, 3.8) is 0 Å². The van der Waals surface area contributed by atoms with Crippen LogP contribution in [0.4, 0.5) is 0 Å². The number of nitrogens with zero attached hydrogens (tertiary/aromatic N) is 3. The molecule has 1 aromatic heterocycles. The molecule has 1 aromatic rings. The molecule has 1 aliphatic heterocycles. The lowest BCUT2D eigenvalue weighted by Crippen LogP contribution is -2.48. The largest absolute Gasteiger partial charge is 0.314 e. The van der Waals surface area contributed by atoms with Gasteiger partial charge in [0.2, 0.25) is 0 Å². The van der Waals surface area contributed by atoms with Crippen molar-refractivity contribution < 1.29 is 0 Å². The van der Waals surface area contributed by atoms with Gasteiger partial charge in [-0.1, -0.05) is 6.07 Å². The van der Waals surface area contributed by atoms with Crippen LogP contribution in [0.15, 0.2) is 24.5 Å². The zero-order valence-corrected chi connectivity index (χ0v) is 12.3. The highest BCUT2D eigenvalue weighted by Crippen LogP contribution is 2.24. The van der Waals surface area contributed by atoms with Crippen molar-refractivity contribution in [3.05, 3.63) is 30.1 Å². The first kappa shape index (κ1) is 14.4. The first-order chi connectivity index (χ1) is 9.18. The van der Waals surface area contributed by atoms with Crippen LogP contribution in [0.2, 0.25) is 0 Å². The van der Waals surface area contributed by atoms with Crippen molar-refractivity contribution in [3.8, 4) is 0 Å². The molecule has 4 nitrogen and oxygen atoms in total. The minimum atomic E-state index is 0.443. The Balaban J connectivity index is 2.00. The Hall–Kier alpha value is -0.970. The molecule has 0 saturated carbocycles. The summed E-state index contributed by atoms with van der Waals surface area (Å²) in [6, 6.07) is 5.26. The van der Waals surface area contributed by atoms with Crippen LogP contribution < -0.4 is 5.32 Å². The highest BCUT2D eigenvalue weighted by atomic mass is 15.2. The topological polar surface area (TPSA) is 31.4 Å². The van der Waals surface area contributed by atoms with E-state index in [-0.39, 0.29) is 0 Å². The molecule has 106 valence electrons. The number of rotatable bonds is 5. The number of piperazine rings is 1. The van der Waals surface area contributed by atoms with E-state index in [1.165, 1.54) is 5.56 Å². The first-order valence-electron chi connectivity index (χ1n) is 7.19. The highest BCUT2D eigenvalue weighted by Gasteiger charge is 2.22. The lowest BCUT2D eigenvalue weighted by atomic mass is 9.99. The van der Waals surface area contributed by atoms with E-state index in [1.807, 2.05) is 18.5 Å². The average Bonchev–Trinajstić information content (AvgIpc) is 2.46. The fraction of sp³-hybridized carbons (Fsp3) is 0.667. The molecule has 2 atom stereocenters. The van der Waals surface area contributed by atoms with Crippen LogP contribution in [-0.4, -0.2) is 61.1 Å². The predicted octanol–water partition coefficient (Wildman–Crippen LogP) is 1.37. The van der Waals surface area contributed by atoms with Crippen molar-refractivity contribution in [1.29, 1.82) is 0 Å². The molecule has 2 heterocycles. The van der Waals surface area contributed by atoms with Gasteiger partial charge in [-0.15, -0.1) is 0 Å². The predicted molar refractivity (Wildman–Crippen MR) is 79.2 cm³/mol. The van der Waals surface area contributed by atoms with Crippen LogP contribution in [0.3, 0.4) is 0 Å². The van der Waals surface area contributed by atoms with Crippen molar-refractivity contribution >= 4 is 0 Å². The lowest BCUT2D eigenvalue weighted by Gasteiger charge is -2.36. The summed E-state index contributed by atoms with van der Waals surface area (Å²) in [6.07, 6.45) is 4.99. The fourth-order valence-corrected chi connectivity index (χ4v) is 2.81. The van der Waals surface area contributed by atoms with Crippen LogP contribution in [0.25, 0.3) is 0 Å². The zero-order chi connectivity index (χ0) is 13.7. The van der Waals surface area contributed by atoms with E-state index in [0.717, 1.165) is 32.6 Å². The Kier molecular flexibility index (Phi) is 5.31. The third-order valence-electron chi connectivity index (χ3n) is 4.03. The molecule has 0 radical (unpaired) electrons. The monoisotopic (exact) mass is 262 g/mol. The quantitative estimate of drug-likeness (QED) is 0.868. The van der Waals surface area contributed by atoms with Gasteiger partial charge in [0.25, 0.3) is 0 Å². The zero-order valence-electron chi connectivity index (χ0n) is 12.3. The van der Waals surface area contributed by atoms with Gasteiger partial charge in [-0.3, -0.25) is 9.88 Å². The van der Waals surface area contributed by atoms with Crippen molar-refractivity contribution in [1.82, 2.24) is 20.1 Å². The molecule has 2 rings (SSSR count). The molecule has 0 aromatic carbocycles. The fourth-order valence-electron chi connectivity index (χ4n) is 2.81.